The highest BCUT2D eigenvalue weighted by Crippen LogP contribution is 2.34. The number of halogens is 3. The first kappa shape index (κ1) is 12.6. The molecule has 0 spiro atoms. The minimum absolute atomic E-state index is 0.00744. The number of hydrogen-bond donors (Lipinski definition) is 1. The van der Waals surface area contributed by atoms with Crippen LogP contribution < -0.4 is 0 Å². The van der Waals surface area contributed by atoms with E-state index in [1.54, 1.807) is 0 Å². The molecule has 0 bridgehead atoms. The zero-order valence-electron chi connectivity index (χ0n) is 8.21. The van der Waals surface area contributed by atoms with E-state index in [4.69, 9.17) is 11.6 Å². The molecule has 0 saturated carbocycles. The Kier molecular flexibility index (Phi) is 4.00. The Bertz CT molecular complexity index is 412. The van der Waals surface area contributed by atoms with Gasteiger partial charge in [-0.25, -0.2) is 18.6 Å². The molecule has 4 nitrogen and oxygen atoms in total. The summed E-state index contributed by atoms with van der Waals surface area (Å²) in [5, 5.41) is 8.77. The van der Waals surface area contributed by atoms with Crippen LogP contribution in [0.4, 0.5) is 8.78 Å². The topological polar surface area (TPSA) is 59.4 Å². The van der Waals surface area contributed by atoms with Crippen LogP contribution in [0, 0.1) is 0 Å². The van der Waals surface area contributed by atoms with Crippen LogP contribution in [0.3, 0.4) is 0 Å². The molecule has 0 unspecified atom stereocenters. The first-order chi connectivity index (χ1) is 7.49. The molecule has 1 N–H and O–H groups in total. The maximum absolute atomic E-state index is 12.6. The van der Waals surface area contributed by atoms with Gasteiger partial charge in [-0.1, -0.05) is 11.6 Å². The quantitative estimate of drug-likeness (QED) is 0.662. The highest BCUT2D eigenvalue weighted by atomic mass is 35.5. The molecule has 0 aliphatic carbocycles. The molecular formula is C9H8ClF2NO3. The maximum Gasteiger partial charge on any atom is 0.341 e. The van der Waals surface area contributed by atoms with Crippen LogP contribution in [0.1, 0.15) is 29.3 Å². The molecule has 1 rings (SSSR count). The van der Waals surface area contributed by atoms with Gasteiger partial charge < -0.3 is 9.84 Å². The number of carbonyl (C=O) groups is 1. The molecule has 0 aromatic carbocycles. The molecule has 0 saturated heterocycles. The van der Waals surface area contributed by atoms with Crippen molar-refractivity contribution in [2.24, 2.45) is 0 Å². The molecule has 0 radical (unpaired) electrons. The average Bonchev–Trinajstić information content (AvgIpc) is 2.20. The lowest BCUT2D eigenvalue weighted by molar-refractivity contribution is 0.0513. The molecule has 0 aliphatic rings. The number of hydrogen-bond acceptors (Lipinski definition) is 4. The molecule has 7 heteroatoms. The van der Waals surface area contributed by atoms with Gasteiger partial charge in [0.05, 0.1) is 18.4 Å². The third-order valence-corrected chi connectivity index (χ3v) is 2.04. The van der Waals surface area contributed by atoms with Gasteiger partial charge in [0.1, 0.15) is 16.5 Å². The highest BCUT2D eigenvalue weighted by molar-refractivity contribution is 6.32. The van der Waals surface area contributed by atoms with Crippen LogP contribution in [0.5, 0.6) is 5.75 Å². The monoisotopic (exact) mass is 251 g/mol. The fourth-order valence-corrected chi connectivity index (χ4v) is 1.34. The summed E-state index contributed by atoms with van der Waals surface area (Å²) in [6, 6.07) is 0. The van der Waals surface area contributed by atoms with Crippen molar-refractivity contribution in [1.29, 1.82) is 0 Å². The number of ether oxygens (including phenoxy) is 1. The Labute approximate surface area is 94.8 Å². The average molecular weight is 252 g/mol. The Balaban J connectivity index is 3.34. The number of esters is 1. The van der Waals surface area contributed by atoms with Crippen molar-refractivity contribution in [3.05, 3.63) is 22.5 Å². The summed E-state index contributed by atoms with van der Waals surface area (Å²) in [7, 11) is 0. The van der Waals surface area contributed by atoms with Crippen LogP contribution in [-0.2, 0) is 4.74 Å². The van der Waals surface area contributed by atoms with E-state index in [2.05, 4.69) is 9.72 Å². The van der Waals surface area contributed by atoms with Crippen molar-refractivity contribution in [3.63, 3.8) is 0 Å². The Hall–Kier alpha value is -1.43. The second kappa shape index (κ2) is 5.07. The van der Waals surface area contributed by atoms with Crippen LogP contribution in [-0.4, -0.2) is 22.7 Å². The second-order valence-corrected chi connectivity index (χ2v) is 3.10. The molecule has 1 heterocycles. The molecule has 0 aliphatic heterocycles. The molecule has 0 atom stereocenters. The third kappa shape index (κ3) is 2.38. The van der Waals surface area contributed by atoms with Crippen molar-refractivity contribution in [2.75, 3.05) is 6.61 Å². The summed E-state index contributed by atoms with van der Waals surface area (Å²) >= 11 is 5.52. The predicted molar refractivity (Wildman–Crippen MR) is 51.8 cm³/mol. The number of nitrogens with zero attached hydrogens (tertiary/aromatic N) is 1. The number of aromatic hydroxyl groups is 1. The van der Waals surface area contributed by atoms with E-state index in [1.165, 1.54) is 6.92 Å². The lowest BCUT2D eigenvalue weighted by Crippen LogP contribution is -2.10. The van der Waals surface area contributed by atoms with Gasteiger partial charge in [0.15, 0.2) is 0 Å². The van der Waals surface area contributed by atoms with Crippen molar-refractivity contribution in [1.82, 2.24) is 4.98 Å². The molecule has 16 heavy (non-hydrogen) atoms. The summed E-state index contributed by atoms with van der Waals surface area (Å²) in [4.78, 5) is 14.8. The number of alkyl halides is 2. The van der Waals surface area contributed by atoms with E-state index >= 15 is 0 Å². The minimum atomic E-state index is -3.04. The number of rotatable bonds is 3. The zero-order valence-corrected chi connectivity index (χ0v) is 8.96. The van der Waals surface area contributed by atoms with E-state index in [0.717, 1.165) is 6.20 Å². The molecular weight excluding hydrogens is 244 g/mol. The Morgan fingerprint density at radius 2 is 2.31 bits per heavy atom. The van der Waals surface area contributed by atoms with E-state index in [-0.39, 0.29) is 6.61 Å². The van der Waals surface area contributed by atoms with E-state index in [9.17, 15) is 18.7 Å². The predicted octanol–water partition coefficient (Wildman–Crippen LogP) is 2.55. The van der Waals surface area contributed by atoms with Crippen molar-refractivity contribution >= 4 is 17.6 Å². The lowest BCUT2D eigenvalue weighted by atomic mass is 10.1. The van der Waals surface area contributed by atoms with Crippen LogP contribution in [0.15, 0.2) is 6.20 Å². The Morgan fingerprint density at radius 1 is 1.69 bits per heavy atom. The van der Waals surface area contributed by atoms with Gasteiger partial charge in [0.25, 0.3) is 6.43 Å². The second-order valence-electron chi connectivity index (χ2n) is 2.74. The summed E-state index contributed by atoms with van der Waals surface area (Å²) in [6.07, 6.45) is -2.29. The largest absolute Gasteiger partial charge is 0.506 e. The molecule has 88 valence electrons. The molecule has 1 aromatic rings. The van der Waals surface area contributed by atoms with Crippen molar-refractivity contribution < 1.29 is 23.4 Å². The zero-order chi connectivity index (χ0) is 12.3. The van der Waals surface area contributed by atoms with Gasteiger partial charge in [-0.2, -0.15) is 0 Å². The summed E-state index contributed by atoms with van der Waals surface area (Å²) in [6.45, 7) is 1.53. The fourth-order valence-electron chi connectivity index (χ4n) is 1.11. The molecule has 0 fully saturated rings. The normalized spacial score (nSPS) is 10.6. The number of carbonyl (C=O) groups excluding carboxylic acids is 1. The van der Waals surface area contributed by atoms with E-state index in [1.807, 2.05) is 0 Å². The van der Waals surface area contributed by atoms with Crippen molar-refractivity contribution in [2.45, 2.75) is 13.3 Å². The molecule has 1 aromatic heterocycles. The Morgan fingerprint density at radius 3 is 2.81 bits per heavy atom. The van der Waals surface area contributed by atoms with Gasteiger partial charge in [0, 0.05) is 0 Å². The van der Waals surface area contributed by atoms with Gasteiger partial charge >= 0.3 is 5.97 Å². The number of pyridine rings is 1. The van der Waals surface area contributed by atoms with Crippen LogP contribution in [0.25, 0.3) is 0 Å². The van der Waals surface area contributed by atoms with E-state index in [0.29, 0.717) is 0 Å². The standard InChI is InChI=1S/C9H8ClF2NO3/c1-2-16-9(15)6-5(8(11)12)4(14)3-13-7(6)10/h3,8,14H,2H2,1H3. The number of aromatic nitrogens is 1. The van der Waals surface area contributed by atoms with Gasteiger partial charge in [-0.05, 0) is 6.92 Å². The minimum Gasteiger partial charge on any atom is -0.506 e. The SMILES string of the molecule is CCOC(=O)c1c(Cl)ncc(O)c1C(F)F. The summed E-state index contributed by atoms with van der Waals surface area (Å²) in [5.74, 6) is -1.83. The first-order valence-corrected chi connectivity index (χ1v) is 4.69. The highest BCUT2D eigenvalue weighted by Gasteiger charge is 2.27. The van der Waals surface area contributed by atoms with E-state index < -0.39 is 34.4 Å². The molecule has 0 amide bonds. The van der Waals surface area contributed by atoms with Gasteiger partial charge in [-0.3, -0.25) is 0 Å². The first-order valence-electron chi connectivity index (χ1n) is 4.31. The summed E-state index contributed by atoms with van der Waals surface area (Å²) < 4.78 is 29.8. The van der Waals surface area contributed by atoms with Gasteiger partial charge in [-0.15, -0.1) is 0 Å². The fraction of sp³-hybridized carbons (Fsp3) is 0.333. The summed E-state index contributed by atoms with van der Waals surface area (Å²) in [5.41, 5.74) is -1.46. The van der Waals surface area contributed by atoms with Crippen molar-refractivity contribution in [3.8, 4) is 5.75 Å². The maximum atomic E-state index is 12.6. The third-order valence-electron chi connectivity index (χ3n) is 1.75. The lowest BCUT2D eigenvalue weighted by Gasteiger charge is -2.10. The van der Waals surface area contributed by atoms with Crippen LogP contribution in [0.2, 0.25) is 5.15 Å². The smallest absolute Gasteiger partial charge is 0.341 e. The van der Waals surface area contributed by atoms with Gasteiger partial charge in [0.2, 0.25) is 0 Å². The van der Waals surface area contributed by atoms with Crippen LogP contribution >= 0.6 is 11.6 Å².